The van der Waals surface area contributed by atoms with Gasteiger partial charge in [0.05, 0.1) is 5.54 Å². The first kappa shape index (κ1) is 13.9. The summed E-state index contributed by atoms with van der Waals surface area (Å²) in [6, 6.07) is 5.20. The molecule has 110 valence electrons. The zero-order chi connectivity index (χ0) is 14.3. The van der Waals surface area contributed by atoms with Crippen molar-refractivity contribution in [3.05, 3.63) is 29.6 Å². The summed E-state index contributed by atoms with van der Waals surface area (Å²) < 4.78 is 13.6. The third-order valence-corrected chi connectivity index (χ3v) is 5.63. The highest BCUT2D eigenvalue weighted by Gasteiger charge is 2.43. The minimum Gasteiger partial charge on any atom is -0.364 e. The van der Waals surface area contributed by atoms with E-state index in [2.05, 4.69) is 18.7 Å². The average Bonchev–Trinajstić information content (AvgIpc) is 2.85. The molecule has 0 amide bonds. The number of fused-ring (bicyclic) bond motifs is 1. The lowest BCUT2D eigenvalue weighted by Gasteiger charge is -2.49. The first-order chi connectivity index (χ1) is 9.55. The van der Waals surface area contributed by atoms with Gasteiger partial charge in [-0.1, -0.05) is 19.9 Å². The fourth-order valence-electron chi connectivity index (χ4n) is 4.07. The van der Waals surface area contributed by atoms with Crippen LogP contribution >= 0.6 is 0 Å². The van der Waals surface area contributed by atoms with Crippen molar-refractivity contribution in [3.63, 3.8) is 0 Å². The first-order valence-corrected chi connectivity index (χ1v) is 7.82. The minimum atomic E-state index is -0.139. The van der Waals surface area contributed by atoms with Gasteiger partial charge in [-0.15, -0.1) is 0 Å². The second-order valence-electron chi connectivity index (χ2n) is 6.80. The quantitative estimate of drug-likeness (QED) is 0.897. The molecule has 1 aliphatic carbocycles. The molecule has 3 atom stereocenters. The van der Waals surface area contributed by atoms with Crippen molar-refractivity contribution < 1.29 is 4.39 Å². The summed E-state index contributed by atoms with van der Waals surface area (Å²) in [5, 5.41) is 0. The third-order valence-electron chi connectivity index (χ3n) is 5.63. The second-order valence-corrected chi connectivity index (χ2v) is 6.80. The van der Waals surface area contributed by atoms with Crippen LogP contribution in [-0.2, 0) is 6.42 Å². The van der Waals surface area contributed by atoms with E-state index in [-0.39, 0.29) is 11.4 Å². The maximum absolute atomic E-state index is 13.6. The number of benzene rings is 1. The van der Waals surface area contributed by atoms with Crippen molar-refractivity contribution >= 4 is 5.69 Å². The Balaban J connectivity index is 1.94. The third kappa shape index (κ3) is 2.12. The van der Waals surface area contributed by atoms with E-state index in [1.165, 1.54) is 12.0 Å². The summed E-state index contributed by atoms with van der Waals surface area (Å²) in [6.45, 7) is 6.32. The van der Waals surface area contributed by atoms with Gasteiger partial charge in [-0.05, 0) is 55.2 Å². The van der Waals surface area contributed by atoms with Gasteiger partial charge in [0.1, 0.15) is 5.82 Å². The normalized spacial score (nSPS) is 33.3. The van der Waals surface area contributed by atoms with Crippen molar-refractivity contribution in [3.8, 4) is 0 Å². The van der Waals surface area contributed by atoms with Gasteiger partial charge in [-0.25, -0.2) is 4.39 Å². The van der Waals surface area contributed by atoms with Gasteiger partial charge >= 0.3 is 0 Å². The summed E-state index contributed by atoms with van der Waals surface area (Å²) in [6.07, 6.45) is 4.49. The highest BCUT2D eigenvalue weighted by Crippen LogP contribution is 2.44. The Morgan fingerprint density at radius 1 is 1.35 bits per heavy atom. The molecule has 3 rings (SSSR count). The lowest BCUT2D eigenvalue weighted by atomic mass is 9.70. The zero-order valence-electron chi connectivity index (χ0n) is 12.5. The van der Waals surface area contributed by atoms with Crippen molar-refractivity contribution in [1.82, 2.24) is 0 Å². The lowest BCUT2D eigenvalue weighted by Crippen LogP contribution is -2.57. The number of rotatable bonds is 2. The van der Waals surface area contributed by atoms with Crippen LogP contribution in [0.5, 0.6) is 0 Å². The lowest BCUT2D eigenvalue weighted by molar-refractivity contribution is 0.173. The van der Waals surface area contributed by atoms with Crippen LogP contribution in [0.15, 0.2) is 18.2 Å². The van der Waals surface area contributed by atoms with E-state index in [1.54, 1.807) is 12.1 Å². The molecule has 3 heteroatoms. The zero-order valence-corrected chi connectivity index (χ0v) is 12.5. The van der Waals surface area contributed by atoms with E-state index < -0.39 is 0 Å². The fraction of sp³-hybridized carbons (Fsp3) is 0.647. The second kappa shape index (κ2) is 5.03. The van der Waals surface area contributed by atoms with Crippen LogP contribution in [-0.4, -0.2) is 18.6 Å². The van der Waals surface area contributed by atoms with Gasteiger partial charge in [0.15, 0.2) is 0 Å². The number of hydrogen-bond acceptors (Lipinski definition) is 2. The highest BCUT2D eigenvalue weighted by molar-refractivity contribution is 5.60. The molecule has 0 radical (unpaired) electrons. The van der Waals surface area contributed by atoms with Crippen LogP contribution in [0.25, 0.3) is 0 Å². The van der Waals surface area contributed by atoms with Gasteiger partial charge < -0.3 is 10.6 Å². The smallest absolute Gasteiger partial charge is 0.125 e. The molecule has 2 nitrogen and oxygen atoms in total. The first-order valence-electron chi connectivity index (χ1n) is 7.82. The maximum atomic E-state index is 13.6. The molecule has 1 aliphatic heterocycles. The molecular weight excluding hydrogens is 251 g/mol. The number of nitrogens with zero attached hydrogens (tertiary/aromatic N) is 1. The number of anilines is 1. The number of nitrogens with two attached hydrogens (primary N) is 1. The SMILES string of the molecule is CC1CCC(CN)(N2CCc3ccc(F)cc32)CC1C. The molecule has 0 bridgehead atoms. The van der Waals surface area contributed by atoms with E-state index in [4.69, 9.17) is 5.73 Å². The molecule has 1 saturated carbocycles. The summed E-state index contributed by atoms with van der Waals surface area (Å²) in [4.78, 5) is 2.41. The van der Waals surface area contributed by atoms with Crippen LogP contribution in [0.3, 0.4) is 0 Å². The van der Waals surface area contributed by atoms with Gasteiger partial charge in [0.2, 0.25) is 0 Å². The Labute approximate surface area is 121 Å². The topological polar surface area (TPSA) is 29.3 Å². The van der Waals surface area contributed by atoms with Crippen LogP contribution in [0.1, 0.15) is 38.7 Å². The summed E-state index contributed by atoms with van der Waals surface area (Å²) in [5.41, 5.74) is 8.57. The van der Waals surface area contributed by atoms with Crippen molar-refractivity contribution in [2.24, 2.45) is 17.6 Å². The molecule has 0 spiro atoms. The molecule has 3 unspecified atom stereocenters. The van der Waals surface area contributed by atoms with E-state index in [0.29, 0.717) is 12.5 Å². The van der Waals surface area contributed by atoms with Gasteiger partial charge in [0, 0.05) is 18.8 Å². The monoisotopic (exact) mass is 276 g/mol. The standard InChI is InChI=1S/C17H25FN2/c1-12-5-7-17(11-19,10-13(12)2)20-8-6-14-3-4-15(18)9-16(14)20/h3-4,9,12-13H,5-8,10-11,19H2,1-2H3. The van der Waals surface area contributed by atoms with Crippen molar-refractivity contribution in [1.29, 1.82) is 0 Å². The predicted octanol–water partition coefficient (Wildman–Crippen LogP) is 3.34. The molecule has 2 aliphatic rings. The minimum absolute atomic E-state index is 0.0327. The van der Waals surface area contributed by atoms with E-state index in [9.17, 15) is 4.39 Å². The largest absolute Gasteiger partial charge is 0.364 e. The van der Waals surface area contributed by atoms with Gasteiger partial charge in [-0.2, -0.15) is 0 Å². The van der Waals surface area contributed by atoms with Crippen molar-refractivity contribution in [2.75, 3.05) is 18.0 Å². The molecule has 1 aromatic carbocycles. The molecular formula is C17H25FN2. The Kier molecular flexibility index (Phi) is 3.49. The number of hydrogen-bond donors (Lipinski definition) is 1. The Bertz CT molecular complexity index is 502. The number of halogens is 1. The van der Waals surface area contributed by atoms with Crippen LogP contribution in [0.2, 0.25) is 0 Å². The van der Waals surface area contributed by atoms with E-state index in [1.807, 2.05) is 6.07 Å². The highest BCUT2D eigenvalue weighted by atomic mass is 19.1. The Morgan fingerprint density at radius 3 is 2.85 bits per heavy atom. The molecule has 20 heavy (non-hydrogen) atoms. The molecule has 1 aromatic rings. The average molecular weight is 276 g/mol. The molecule has 0 aromatic heterocycles. The van der Waals surface area contributed by atoms with Gasteiger partial charge in [-0.3, -0.25) is 0 Å². The molecule has 1 heterocycles. The fourth-order valence-corrected chi connectivity index (χ4v) is 4.07. The van der Waals surface area contributed by atoms with Crippen molar-refractivity contribution in [2.45, 2.75) is 45.1 Å². The summed E-state index contributed by atoms with van der Waals surface area (Å²) in [7, 11) is 0. The van der Waals surface area contributed by atoms with E-state index in [0.717, 1.165) is 37.4 Å². The Morgan fingerprint density at radius 2 is 2.15 bits per heavy atom. The molecule has 2 N–H and O–H groups in total. The molecule has 1 fully saturated rings. The maximum Gasteiger partial charge on any atom is 0.125 e. The Hall–Kier alpha value is -1.09. The van der Waals surface area contributed by atoms with Crippen LogP contribution in [0, 0.1) is 17.7 Å². The van der Waals surface area contributed by atoms with Crippen LogP contribution < -0.4 is 10.6 Å². The van der Waals surface area contributed by atoms with Crippen LogP contribution in [0.4, 0.5) is 10.1 Å². The van der Waals surface area contributed by atoms with E-state index >= 15 is 0 Å². The summed E-state index contributed by atoms with van der Waals surface area (Å²) in [5.74, 6) is 1.31. The van der Waals surface area contributed by atoms with Gasteiger partial charge in [0.25, 0.3) is 0 Å². The summed E-state index contributed by atoms with van der Waals surface area (Å²) >= 11 is 0. The molecule has 0 saturated heterocycles. The predicted molar refractivity (Wildman–Crippen MR) is 81.4 cm³/mol.